The molecule has 0 fully saturated rings. The number of hydrogen-bond donors (Lipinski definition) is 0. The standard InChI is InChI=1S/C26H51NO4/c1-6-7-8-9-12-15-18-23(2)19-16-13-10-11-14-17-20-26(30)31-24(21-25(28)29)22-27(3,4)5/h23-24H,6-22H2,1-5H3. The molecule has 2 unspecified atom stereocenters. The van der Waals surface area contributed by atoms with E-state index in [-0.39, 0.29) is 12.4 Å². The third-order valence-electron chi connectivity index (χ3n) is 5.82. The lowest BCUT2D eigenvalue weighted by Crippen LogP contribution is -2.45. The molecule has 0 aliphatic heterocycles. The van der Waals surface area contributed by atoms with Gasteiger partial charge in [0.1, 0.15) is 6.54 Å². The van der Waals surface area contributed by atoms with Gasteiger partial charge in [-0.1, -0.05) is 97.3 Å². The number of quaternary nitrogens is 1. The Morgan fingerprint density at radius 1 is 0.806 bits per heavy atom. The van der Waals surface area contributed by atoms with E-state index in [1.165, 1.54) is 70.6 Å². The van der Waals surface area contributed by atoms with E-state index < -0.39 is 12.1 Å². The minimum atomic E-state index is -1.17. The van der Waals surface area contributed by atoms with Crippen molar-refractivity contribution in [2.24, 2.45) is 5.92 Å². The molecule has 0 amide bonds. The van der Waals surface area contributed by atoms with Gasteiger partial charge < -0.3 is 19.1 Å². The summed E-state index contributed by atoms with van der Waals surface area (Å²) >= 11 is 0. The van der Waals surface area contributed by atoms with Crippen LogP contribution in [0, 0.1) is 5.92 Å². The molecule has 184 valence electrons. The van der Waals surface area contributed by atoms with Gasteiger partial charge in [0, 0.05) is 18.8 Å². The van der Waals surface area contributed by atoms with Crippen LogP contribution in [0.25, 0.3) is 0 Å². The topological polar surface area (TPSA) is 66.4 Å². The lowest BCUT2D eigenvalue weighted by molar-refractivity contribution is -0.873. The van der Waals surface area contributed by atoms with E-state index in [1.54, 1.807) is 0 Å². The van der Waals surface area contributed by atoms with Gasteiger partial charge in [0.2, 0.25) is 0 Å². The zero-order valence-corrected chi connectivity index (χ0v) is 21.3. The SMILES string of the molecule is CCCCCCCCC(C)CCCCCCCCC(=O)OC(CC(=O)[O-])C[N+](C)(C)C. The predicted molar refractivity (Wildman–Crippen MR) is 126 cm³/mol. The third kappa shape index (κ3) is 21.9. The number of nitrogens with zero attached hydrogens (tertiary/aromatic N) is 1. The molecule has 2 atom stereocenters. The van der Waals surface area contributed by atoms with Crippen molar-refractivity contribution in [3.8, 4) is 0 Å². The number of carboxylic acid groups (broad SMARTS) is 1. The average molecular weight is 442 g/mol. The van der Waals surface area contributed by atoms with Crippen molar-refractivity contribution < 1.29 is 23.9 Å². The summed E-state index contributed by atoms with van der Waals surface area (Å²) in [5.41, 5.74) is 0. The zero-order chi connectivity index (χ0) is 23.5. The number of rotatable bonds is 21. The lowest BCUT2D eigenvalue weighted by atomic mass is 9.96. The van der Waals surface area contributed by atoms with Crippen LogP contribution < -0.4 is 5.11 Å². The summed E-state index contributed by atoms with van der Waals surface area (Å²) < 4.78 is 5.94. The molecule has 0 saturated carbocycles. The zero-order valence-electron chi connectivity index (χ0n) is 21.3. The van der Waals surface area contributed by atoms with E-state index in [9.17, 15) is 14.7 Å². The number of esters is 1. The molecule has 0 N–H and O–H groups in total. The fraction of sp³-hybridized carbons (Fsp3) is 0.923. The summed E-state index contributed by atoms with van der Waals surface area (Å²) in [5.74, 6) is -0.614. The molecule has 5 nitrogen and oxygen atoms in total. The van der Waals surface area contributed by atoms with Gasteiger partial charge in [-0.15, -0.1) is 0 Å². The summed E-state index contributed by atoms with van der Waals surface area (Å²) in [4.78, 5) is 22.9. The van der Waals surface area contributed by atoms with Crippen LogP contribution in [0.3, 0.4) is 0 Å². The molecule has 0 saturated heterocycles. The highest BCUT2D eigenvalue weighted by molar-refractivity contribution is 5.70. The van der Waals surface area contributed by atoms with Crippen LogP contribution in [0.4, 0.5) is 0 Å². The Labute approximate surface area is 192 Å². The molecule has 0 radical (unpaired) electrons. The highest BCUT2D eigenvalue weighted by Gasteiger charge is 2.22. The second kappa shape index (κ2) is 18.5. The van der Waals surface area contributed by atoms with Crippen molar-refractivity contribution in [3.63, 3.8) is 0 Å². The molecule has 0 heterocycles. The largest absolute Gasteiger partial charge is 0.550 e. The van der Waals surface area contributed by atoms with E-state index in [1.807, 2.05) is 21.1 Å². The van der Waals surface area contributed by atoms with E-state index in [0.717, 1.165) is 25.2 Å². The number of likely N-dealkylation sites (N-methyl/N-ethyl adjacent to an activating group) is 1. The highest BCUT2D eigenvalue weighted by atomic mass is 16.5. The Morgan fingerprint density at radius 3 is 1.77 bits per heavy atom. The van der Waals surface area contributed by atoms with Gasteiger partial charge in [-0.3, -0.25) is 4.79 Å². The minimum absolute atomic E-state index is 0.238. The summed E-state index contributed by atoms with van der Waals surface area (Å²) in [6, 6.07) is 0. The van der Waals surface area contributed by atoms with Crippen LogP contribution in [0.15, 0.2) is 0 Å². The fourth-order valence-corrected chi connectivity index (χ4v) is 4.07. The predicted octanol–water partition coefficient (Wildman–Crippen LogP) is 5.25. The van der Waals surface area contributed by atoms with Crippen LogP contribution in [0.2, 0.25) is 0 Å². The Bertz CT molecular complexity index is 459. The summed E-state index contributed by atoms with van der Waals surface area (Å²) in [7, 11) is 5.85. The third-order valence-corrected chi connectivity index (χ3v) is 5.82. The van der Waals surface area contributed by atoms with E-state index in [0.29, 0.717) is 17.4 Å². The van der Waals surface area contributed by atoms with Crippen molar-refractivity contribution in [2.75, 3.05) is 27.7 Å². The van der Waals surface area contributed by atoms with Gasteiger partial charge in [-0.05, 0) is 12.3 Å². The van der Waals surface area contributed by atoms with Crippen molar-refractivity contribution in [1.82, 2.24) is 0 Å². The Hall–Kier alpha value is -1.10. The monoisotopic (exact) mass is 441 g/mol. The number of hydrogen-bond acceptors (Lipinski definition) is 4. The van der Waals surface area contributed by atoms with Crippen LogP contribution >= 0.6 is 0 Å². The average Bonchev–Trinajstić information content (AvgIpc) is 2.64. The number of carboxylic acids is 1. The first-order valence-electron chi connectivity index (χ1n) is 12.8. The molecular weight excluding hydrogens is 390 g/mol. The molecule has 0 aromatic heterocycles. The molecule has 0 aliphatic carbocycles. The van der Waals surface area contributed by atoms with Crippen molar-refractivity contribution in [2.45, 2.75) is 123 Å². The maximum atomic E-state index is 12.0. The number of unbranched alkanes of at least 4 members (excludes halogenated alkanes) is 10. The number of carbonyl (C=O) groups is 2. The Morgan fingerprint density at radius 2 is 1.29 bits per heavy atom. The van der Waals surface area contributed by atoms with Crippen LogP contribution in [-0.4, -0.2) is 50.2 Å². The molecule has 31 heavy (non-hydrogen) atoms. The number of ether oxygens (including phenoxy) is 1. The second-order valence-corrected chi connectivity index (χ2v) is 10.5. The first kappa shape index (κ1) is 29.9. The molecule has 0 aromatic rings. The molecule has 0 spiro atoms. The molecule has 0 bridgehead atoms. The van der Waals surface area contributed by atoms with Gasteiger partial charge in [0.25, 0.3) is 0 Å². The first-order chi connectivity index (χ1) is 14.6. The van der Waals surface area contributed by atoms with E-state index in [4.69, 9.17) is 4.74 Å². The summed E-state index contributed by atoms with van der Waals surface area (Å²) in [6.07, 6.45) is 17.4. The van der Waals surface area contributed by atoms with Crippen molar-refractivity contribution in [3.05, 3.63) is 0 Å². The maximum absolute atomic E-state index is 12.0. The normalized spacial score (nSPS) is 13.7. The van der Waals surface area contributed by atoms with Gasteiger partial charge in [0.05, 0.1) is 21.1 Å². The van der Waals surface area contributed by atoms with Crippen LogP contribution in [0.5, 0.6) is 0 Å². The highest BCUT2D eigenvalue weighted by Crippen LogP contribution is 2.18. The van der Waals surface area contributed by atoms with Gasteiger partial charge in [0.15, 0.2) is 6.10 Å². The first-order valence-corrected chi connectivity index (χ1v) is 12.8. The summed E-state index contributed by atoms with van der Waals surface area (Å²) in [5, 5.41) is 10.9. The fourth-order valence-electron chi connectivity index (χ4n) is 4.07. The second-order valence-electron chi connectivity index (χ2n) is 10.5. The smallest absolute Gasteiger partial charge is 0.306 e. The Balaban J connectivity index is 3.67. The number of aliphatic carboxylic acids is 1. The molecule has 5 heteroatoms. The van der Waals surface area contributed by atoms with Gasteiger partial charge in [-0.2, -0.15) is 0 Å². The number of carbonyl (C=O) groups excluding carboxylic acids is 2. The lowest BCUT2D eigenvalue weighted by Gasteiger charge is -2.29. The van der Waals surface area contributed by atoms with Crippen LogP contribution in [0.1, 0.15) is 117 Å². The van der Waals surface area contributed by atoms with Crippen LogP contribution in [-0.2, 0) is 14.3 Å². The van der Waals surface area contributed by atoms with E-state index in [2.05, 4.69) is 13.8 Å². The maximum Gasteiger partial charge on any atom is 0.306 e. The van der Waals surface area contributed by atoms with Gasteiger partial charge in [-0.25, -0.2) is 0 Å². The molecule has 0 aliphatic rings. The molecule has 0 aromatic carbocycles. The van der Waals surface area contributed by atoms with Crippen molar-refractivity contribution >= 4 is 11.9 Å². The van der Waals surface area contributed by atoms with Gasteiger partial charge >= 0.3 is 5.97 Å². The Kier molecular flexibility index (Phi) is 17.8. The van der Waals surface area contributed by atoms with E-state index >= 15 is 0 Å². The summed E-state index contributed by atoms with van der Waals surface area (Å²) in [6.45, 7) is 5.13. The molecule has 0 rings (SSSR count). The minimum Gasteiger partial charge on any atom is -0.550 e. The molecular formula is C26H51NO4. The van der Waals surface area contributed by atoms with Crippen molar-refractivity contribution in [1.29, 1.82) is 0 Å². The quantitative estimate of drug-likeness (QED) is 0.139.